The normalized spacial score (nSPS) is 12.3. The second-order valence-corrected chi connectivity index (χ2v) is 5.18. The number of hydrogen-bond acceptors (Lipinski definition) is 4. The van der Waals surface area contributed by atoms with Gasteiger partial charge in [-0.25, -0.2) is 9.78 Å². The summed E-state index contributed by atoms with van der Waals surface area (Å²) in [7, 11) is 1.36. The first-order chi connectivity index (χ1) is 8.43. The van der Waals surface area contributed by atoms with Gasteiger partial charge in [0.25, 0.3) is 0 Å². The quantitative estimate of drug-likeness (QED) is 0.845. The molecule has 100 valence electrons. The van der Waals surface area contributed by atoms with Crippen LogP contribution in [-0.4, -0.2) is 24.1 Å². The summed E-state index contributed by atoms with van der Waals surface area (Å²) < 4.78 is 4.75. The van der Waals surface area contributed by atoms with Crippen LogP contribution in [-0.2, 0) is 9.53 Å². The number of nitrogens with zero attached hydrogens (tertiary/aromatic N) is 1. The smallest absolute Gasteiger partial charge is 0.328 e. The first kappa shape index (κ1) is 15.1. The Labute approximate surface area is 117 Å². The molecule has 1 aromatic rings. The van der Waals surface area contributed by atoms with E-state index in [9.17, 15) is 4.79 Å². The average molecular weight is 291 g/mol. The number of carbonyl (C=O) groups excluding carboxylic acids is 1. The van der Waals surface area contributed by atoms with Crippen molar-refractivity contribution in [3.63, 3.8) is 0 Å². The van der Waals surface area contributed by atoms with Crippen LogP contribution in [0.25, 0.3) is 0 Å². The highest BCUT2D eigenvalue weighted by atomic mass is 35.5. The predicted molar refractivity (Wildman–Crippen MR) is 73.1 cm³/mol. The largest absolute Gasteiger partial charge is 0.467 e. The van der Waals surface area contributed by atoms with E-state index in [2.05, 4.69) is 10.3 Å². The van der Waals surface area contributed by atoms with Gasteiger partial charge in [-0.3, -0.25) is 0 Å². The van der Waals surface area contributed by atoms with E-state index in [1.165, 1.54) is 13.3 Å². The molecule has 0 fully saturated rings. The fourth-order valence-corrected chi connectivity index (χ4v) is 1.95. The van der Waals surface area contributed by atoms with Crippen LogP contribution in [0.15, 0.2) is 12.3 Å². The van der Waals surface area contributed by atoms with Crippen molar-refractivity contribution in [3.05, 3.63) is 22.3 Å². The van der Waals surface area contributed by atoms with Gasteiger partial charge in [0.15, 0.2) is 0 Å². The van der Waals surface area contributed by atoms with Crippen LogP contribution in [0.1, 0.15) is 20.3 Å². The average Bonchev–Trinajstić information content (AvgIpc) is 2.30. The van der Waals surface area contributed by atoms with E-state index in [-0.39, 0.29) is 5.97 Å². The Balaban J connectivity index is 2.85. The molecule has 4 nitrogen and oxygen atoms in total. The summed E-state index contributed by atoms with van der Waals surface area (Å²) in [5.41, 5.74) is 0. The summed E-state index contributed by atoms with van der Waals surface area (Å²) in [4.78, 5) is 15.7. The molecule has 6 heteroatoms. The van der Waals surface area contributed by atoms with Gasteiger partial charge in [-0.2, -0.15) is 0 Å². The highest BCUT2D eigenvalue weighted by Gasteiger charge is 2.21. The van der Waals surface area contributed by atoms with Crippen molar-refractivity contribution in [3.8, 4) is 0 Å². The number of halogens is 2. The summed E-state index contributed by atoms with van der Waals surface area (Å²) in [5.74, 6) is 0.432. The third kappa shape index (κ3) is 4.35. The number of hydrogen-bond donors (Lipinski definition) is 1. The Bertz CT molecular complexity index is 425. The number of methoxy groups -OCH3 is 1. The van der Waals surface area contributed by atoms with Crippen LogP contribution in [0, 0.1) is 5.92 Å². The molecule has 0 bridgehead atoms. The molecule has 1 unspecified atom stereocenters. The number of esters is 1. The molecule has 0 radical (unpaired) electrons. The van der Waals surface area contributed by atoms with Crippen LogP contribution in [0.4, 0.5) is 5.82 Å². The number of rotatable bonds is 5. The molecule has 1 aromatic heterocycles. The summed E-state index contributed by atoms with van der Waals surface area (Å²) >= 11 is 11.8. The topological polar surface area (TPSA) is 51.2 Å². The van der Waals surface area contributed by atoms with Gasteiger partial charge >= 0.3 is 5.97 Å². The highest BCUT2D eigenvalue weighted by Crippen LogP contribution is 2.24. The van der Waals surface area contributed by atoms with E-state index in [0.717, 1.165) is 0 Å². The molecule has 0 spiro atoms. The Morgan fingerprint density at radius 1 is 1.50 bits per heavy atom. The molecule has 0 saturated carbocycles. The Morgan fingerprint density at radius 2 is 2.17 bits per heavy atom. The standard InChI is InChI=1S/C12H16Cl2N2O2/c1-7(2)4-10(12(17)18-3)16-11-9(14)5-8(13)6-15-11/h5-7,10H,4H2,1-3H3,(H,15,16). The molecular weight excluding hydrogens is 275 g/mol. The molecular formula is C12H16Cl2N2O2. The molecule has 1 rings (SSSR count). The van der Waals surface area contributed by atoms with Crippen molar-refractivity contribution in [2.24, 2.45) is 5.92 Å². The molecule has 1 N–H and O–H groups in total. The fraction of sp³-hybridized carbons (Fsp3) is 0.500. The van der Waals surface area contributed by atoms with Crippen LogP contribution in [0.5, 0.6) is 0 Å². The van der Waals surface area contributed by atoms with E-state index in [4.69, 9.17) is 27.9 Å². The maximum absolute atomic E-state index is 11.6. The first-order valence-electron chi connectivity index (χ1n) is 5.59. The number of pyridine rings is 1. The lowest BCUT2D eigenvalue weighted by atomic mass is 10.0. The van der Waals surface area contributed by atoms with Crippen molar-refractivity contribution >= 4 is 35.0 Å². The highest BCUT2D eigenvalue weighted by molar-refractivity contribution is 6.36. The Morgan fingerprint density at radius 3 is 2.67 bits per heavy atom. The third-order valence-electron chi connectivity index (χ3n) is 2.31. The molecule has 1 atom stereocenters. The Hall–Kier alpha value is -1.000. The maximum atomic E-state index is 11.6. The van der Waals surface area contributed by atoms with Crippen molar-refractivity contribution in [1.29, 1.82) is 0 Å². The third-order valence-corrected chi connectivity index (χ3v) is 2.81. The van der Waals surface area contributed by atoms with Crippen LogP contribution < -0.4 is 5.32 Å². The van der Waals surface area contributed by atoms with Gasteiger partial charge in [0.1, 0.15) is 11.9 Å². The van der Waals surface area contributed by atoms with Crippen LogP contribution >= 0.6 is 23.2 Å². The molecule has 0 aromatic carbocycles. The van der Waals surface area contributed by atoms with Gasteiger partial charge in [-0.05, 0) is 18.4 Å². The summed E-state index contributed by atoms with van der Waals surface area (Å²) in [6.07, 6.45) is 2.10. The number of nitrogens with one attached hydrogen (secondary N) is 1. The zero-order valence-corrected chi connectivity index (χ0v) is 12.0. The van der Waals surface area contributed by atoms with Crippen molar-refractivity contribution in [2.75, 3.05) is 12.4 Å². The fourth-order valence-electron chi connectivity index (χ4n) is 1.51. The van der Waals surface area contributed by atoms with Gasteiger partial charge in [0, 0.05) is 6.20 Å². The van der Waals surface area contributed by atoms with Gasteiger partial charge < -0.3 is 10.1 Å². The van der Waals surface area contributed by atoms with Gasteiger partial charge in [0.2, 0.25) is 0 Å². The second-order valence-electron chi connectivity index (χ2n) is 4.33. The number of carbonyl (C=O) groups is 1. The minimum absolute atomic E-state index is 0.337. The maximum Gasteiger partial charge on any atom is 0.328 e. The molecule has 1 heterocycles. The van der Waals surface area contributed by atoms with Gasteiger partial charge in [-0.15, -0.1) is 0 Å². The van der Waals surface area contributed by atoms with Crippen molar-refractivity contribution < 1.29 is 9.53 Å². The lowest BCUT2D eigenvalue weighted by Crippen LogP contribution is -2.32. The zero-order chi connectivity index (χ0) is 13.7. The summed E-state index contributed by atoms with van der Waals surface area (Å²) in [5, 5.41) is 3.80. The van der Waals surface area contributed by atoms with Crippen molar-refractivity contribution in [1.82, 2.24) is 4.98 Å². The number of ether oxygens (including phenoxy) is 1. The lowest BCUT2D eigenvalue weighted by molar-refractivity contribution is -0.141. The predicted octanol–water partition coefficient (Wildman–Crippen LogP) is 3.39. The SMILES string of the molecule is COC(=O)C(CC(C)C)Nc1ncc(Cl)cc1Cl. The lowest BCUT2D eigenvalue weighted by Gasteiger charge is -2.19. The molecule has 0 aliphatic rings. The minimum Gasteiger partial charge on any atom is -0.467 e. The molecule has 0 saturated heterocycles. The number of anilines is 1. The van der Waals surface area contributed by atoms with Crippen LogP contribution in [0.2, 0.25) is 10.0 Å². The van der Waals surface area contributed by atoms with Crippen molar-refractivity contribution in [2.45, 2.75) is 26.3 Å². The van der Waals surface area contributed by atoms with Crippen LogP contribution in [0.3, 0.4) is 0 Å². The second kappa shape index (κ2) is 6.81. The first-order valence-corrected chi connectivity index (χ1v) is 6.35. The zero-order valence-electron chi connectivity index (χ0n) is 10.5. The molecule has 0 aliphatic heterocycles. The molecule has 0 aliphatic carbocycles. The molecule has 18 heavy (non-hydrogen) atoms. The summed E-state index contributed by atoms with van der Waals surface area (Å²) in [6.45, 7) is 4.04. The number of aromatic nitrogens is 1. The van der Waals surface area contributed by atoms with E-state index < -0.39 is 6.04 Å². The van der Waals surface area contributed by atoms with Gasteiger partial charge in [0.05, 0.1) is 17.2 Å². The minimum atomic E-state index is -0.471. The van der Waals surface area contributed by atoms with Gasteiger partial charge in [-0.1, -0.05) is 37.0 Å². The molecule has 0 amide bonds. The summed E-state index contributed by atoms with van der Waals surface area (Å²) in [6, 6.07) is 1.10. The van der Waals surface area contributed by atoms with E-state index in [1.54, 1.807) is 6.07 Å². The van der Waals surface area contributed by atoms with E-state index in [1.807, 2.05) is 13.8 Å². The Kier molecular flexibility index (Phi) is 5.69. The monoisotopic (exact) mass is 290 g/mol. The van der Waals surface area contributed by atoms with E-state index >= 15 is 0 Å². The van der Waals surface area contributed by atoms with E-state index in [0.29, 0.717) is 28.2 Å².